The lowest BCUT2D eigenvalue weighted by molar-refractivity contribution is 0.0696. The van der Waals surface area contributed by atoms with Gasteiger partial charge in [0.1, 0.15) is 5.58 Å². The minimum absolute atomic E-state index is 0.0919. The lowest BCUT2D eigenvalue weighted by Crippen LogP contribution is -2.13. The maximum Gasteiger partial charge on any atom is 0.344 e. The number of aryl methyl sites for hydroxylation is 1. The number of aromatic carboxylic acids is 1. The van der Waals surface area contributed by atoms with E-state index < -0.39 is 11.6 Å². The molecule has 0 aliphatic rings. The third kappa shape index (κ3) is 3.71. The molecule has 2 N–H and O–H groups in total. The van der Waals surface area contributed by atoms with Crippen molar-refractivity contribution in [3.63, 3.8) is 0 Å². The third-order valence-corrected chi connectivity index (χ3v) is 4.83. The fraction of sp³-hybridized carbons (Fsp3) is 0.0417. The summed E-state index contributed by atoms with van der Waals surface area (Å²) in [5.74, 6) is -1.44. The van der Waals surface area contributed by atoms with Crippen LogP contribution in [0, 0.1) is 6.92 Å². The maximum absolute atomic E-state index is 12.6. The molecule has 148 valence electrons. The number of rotatable bonds is 4. The largest absolute Gasteiger partial charge is 0.478 e. The topological polar surface area (TPSA) is 96.6 Å². The van der Waals surface area contributed by atoms with Gasteiger partial charge in [0.2, 0.25) is 0 Å². The zero-order valence-corrected chi connectivity index (χ0v) is 16.0. The Morgan fingerprint density at radius 2 is 1.60 bits per heavy atom. The van der Waals surface area contributed by atoms with Gasteiger partial charge in [0.15, 0.2) is 0 Å². The number of carbonyl (C=O) groups is 2. The smallest absolute Gasteiger partial charge is 0.344 e. The van der Waals surface area contributed by atoms with Gasteiger partial charge in [-0.1, -0.05) is 36.4 Å². The highest BCUT2D eigenvalue weighted by molar-refractivity contribution is 6.05. The van der Waals surface area contributed by atoms with Gasteiger partial charge in [0.25, 0.3) is 5.91 Å². The number of hydrogen-bond donors (Lipinski definition) is 2. The summed E-state index contributed by atoms with van der Waals surface area (Å²) in [7, 11) is 0. The fourth-order valence-electron chi connectivity index (χ4n) is 3.15. The molecule has 0 saturated heterocycles. The van der Waals surface area contributed by atoms with Crippen LogP contribution >= 0.6 is 0 Å². The van der Waals surface area contributed by atoms with Crippen LogP contribution in [0.25, 0.3) is 22.1 Å². The predicted molar refractivity (Wildman–Crippen MR) is 114 cm³/mol. The number of carboxylic acids is 1. The normalized spacial score (nSPS) is 10.7. The number of fused-ring (bicyclic) bond motifs is 1. The van der Waals surface area contributed by atoms with E-state index in [1.165, 1.54) is 12.1 Å². The zero-order chi connectivity index (χ0) is 21.3. The van der Waals surface area contributed by atoms with Crippen molar-refractivity contribution in [3.8, 4) is 11.1 Å². The maximum atomic E-state index is 12.6. The van der Waals surface area contributed by atoms with Crippen molar-refractivity contribution in [2.24, 2.45) is 0 Å². The number of hydrogen-bond acceptors (Lipinski definition) is 4. The summed E-state index contributed by atoms with van der Waals surface area (Å²) in [5.41, 5.74) is 2.75. The molecular weight excluding hydrogens is 382 g/mol. The van der Waals surface area contributed by atoms with Crippen LogP contribution in [-0.4, -0.2) is 17.0 Å². The van der Waals surface area contributed by atoms with Crippen LogP contribution in [0.15, 0.2) is 82.0 Å². The van der Waals surface area contributed by atoms with Gasteiger partial charge in [-0.2, -0.15) is 0 Å². The van der Waals surface area contributed by atoms with Gasteiger partial charge in [-0.25, -0.2) is 9.59 Å². The second kappa shape index (κ2) is 7.67. The van der Waals surface area contributed by atoms with Gasteiger partial charge < -0.3 is 14.8 Å². The minimum Gasteiger partial charge on any atom is -0.478 e. The molecule has 0 fully saturated rings. The molecule has 6 nitrogen and oxygen atoms in total. The van der Waals surface area contributed by atoms with E-state index in [2.05, 4.69) is 5.32 Å². The highest BCUT2D eigenvalue weighted by atomic mass is 16.4. The number of nitrogens with one attached hydrogen (secondary N) is 1. The van der Waals surface area contributed by atoms with Crippen LogP contribution < -0.4 is 10.9 Å². The van der Waals surface area contributed by atoms with Gasteiger partial charge in [-0.05, 0) is 54.4 Å². The van der Waals surface area contributed by atoms with Gasteiger partial charge in [0, 0.05) is 16.6 Å². The summed E-state index contributed by atoms with van der Waals surface area (Å²) in [6, 6.07) is 20.1. The first-order valence-electron chi connectivity index (χ1n) is 9.21. The van der Waals surface area contributed by atoms with E-state index in [4.69, 9.17) is 9.52 Å². The van der Waals surface area contributed by atoms with Crippen molar-refractivity contribution in [2.75, 3.05) is 5.32 Å². The second-order valence-corrected chi connectivity index (χ2v) is 6.85. The van der Waals surface area contributed by atoms with Gasteiger partial charge in [-0.15, -0.1) is 0 Å². The van der Waals surface area contributed by atoms with Gasteiger partial charge in [-0.3, -0.25) is 4.79 Å². The van der Waals surface area contributed by atoms with Crippen molar-refractivity contribution in [1.82, 2.24) is 0 Å². The average molecular weight is 399 g/mol. The van der Waals surface area contributed by atoms with Crippen LogP contribution in [0.2, 0.25) is 0 Å². The summed E-state index contributed by atoms with van der Waals surface area (Å²) < 4.78 is 5.36. The highest BCUT2D eigenvalue weighted by Gasteiger charge is 2.12. The van der Waals surface area contributed by atoms with E-state index in [0.29, 0.717) is 28.0 Å². The van der Waals surface area contributed by atoms with E-state index in [1.807, 2.05) is 12.1 Å². The molecule has 0 saturated carbocycles. The van der Waals surface area contributed by atoms with Crippen LogP contribution in [0.5, 0.6) is 0 Å². The molecule has 0 spiro atoms. The number of anilines is 1. The Hall–Kier alpha value is -4.19. The molecule has 0 aliphatic carbocycles. The first-order valence-corrected chi connectivity index (χ1v) is 9.21. The average Bonchev–Trinajstić information content (AvgIpc) is 2.74. The van der Waals surface area contributed by atoms with Crippen molar-refractivity contribution in [1.29, 1.82) is 0 Å². The quantitative estimate of drug-likeness (QED) is 0.484. The first-order chi connectivity index (χ1) is 14.4. The monoisotopic (exact) mass is 399 g/mol. The summed E-state index contributed by atoms with van der Waals surface area (Å²) in [4.78, 5) is 36.1. The lowest BCUT2D eigenvalue weighted by atomic mass is 10.0. The Balaban J connectivity index is 1.60. The molecule has 30 heavy (non-hydrogen) atoms. The van der Waals surface area contributed by atoms with Crippen LogP contribution in [0.1, 0.15) is 26.3 Å². The van der Waals surface area contributed by atoms with E-state index in [1.54, 1.807) is 55.5 Å². The Bertz CT molecular complexity index is 1340. The van der Waals surface area contributed by atoms with E-state index >= 15 is 0 Å². The molecular formula is C24H17NO5. The highest BCUT2D eigenvalue weighted by Crippen LogP contribution is 2.22. The van der Waals surface area contributed by atoms with Crippen molar-refractivity contribution in [2.45, 2.75) is 6.92 Å². The molecule has 1 aromatic heterocycles. The summed E-state index contributed by atoms with van der Waals surface area (Å²) in [6.07, 6.45) is 0. The predicted octanol–water partition coefficient (Wildman–Crippen LogP) is 4.72. The molecule has 6 heteroatoms. The molecule has 0 radical (unpaired) electrons. The molecule has 1 heterocycles. The molecule has 0 unspecified atom stereocenters. The third-order valence-electron chi connectivity index (χ3n) is 4.83. The molecule has 0 aliphatic heterocycles. The van der Waals surface area contributed by atoms with Gasteiger partial charge >= 0.3 is 11.6 Å². The van der Waals surface area contributed by atoms with Crippen LogP contribution in [0.4, 0.5) is 5.69 Å². The Morgan fingerprint density at radius 3 is 2.33 bits per heavy atom. The number of para-hydroxylation sites is 1. The molecule has 4 aromatic rings. The van der Waals surface area contributed by atoms with Crippen molar-refractivity contribution >= 4 is 28.5 Å². The standard InChI is InChI=1S/C24H17NO5/c1-14-6-7-18(23(27)28)13-20(14)25-22(26)16-10-8-15(9-11-16)19-12-17-4-2-3-5-21(17)30-24(19)29/h2-13H,1H3,(H,25,26)(H,27,28). The number of carbonyl (C=O) groups excluding carboxylic acids is 1. The summed E-state index contributed by atoms with van der Waals surface area (Å²) >= 11 is 0. The Kier molecular flexibility index (Phi) is 4.90. The minimum atomic E-state index is -1.07. The Labute approximate surface area is 171 Å². The van der Waals surface area contributed by atoms with E-state index in [-0.39, 0.29) is 11.5 Å². The molecule has 4 rings (SSSR count). The van der Waals surface area contributed by atoms with E-state index in [0.717, 1.165) is 10.9 Å². The fourth-order valence-corrected chi connectivity index (χ4v) is 3.15. The lowest BCUT2D eigenvalue weighted by Gasteiger charge is -2.10. The van der Waals surface area contributed by atoms with Crippen LogP contribution in [0.3, 0.4) is 0 Å². The number of carboxylic acid groups (broad SMARTS) is 1. The van der Waals surface area contributed by atoms with Crippen LogP contribution in [-0.2, 0) is 0 Å². The van der Waals surface area contributed by atoms with E-state index in [9.17, 15) is 14.4 Å². The summed E-state index contributed by atoms with van der Waals surface area (Å²) in [5, 5.41) is 12.7. The van der Waals surface area contributed by atoms with Crippen molar-refractivity contribution < 1.29 is 19.1 Å². The zero-order valence-electron chi connectivity index (χ0n) is 16.0. The molecule has 0 atom stereocenters. The molecule has 1 amide bonds. The van der Waals surface area contributed by atoms with Gasteiger partial charge in [0.05, 0.1) is 11.1 Å². The molecule has 0 bridgehead atoms. The Morgan fingerprint density at radius 1 is 0.900 bits per heavy atom. The second-order valence-electron chi connectivity index (χ2n) is 6.85. The number of benzene rings is 3. The number of amides is 1. The molecule has 3 aromatic carbocycles. The first kappa shape index (κ1) is 19.1. The van der Waals surface area contributed by atoms with Crippen molar-refractivity contribution in [3.05, 3.63) is 99.9 Å². The summed E-state index contributed by atoms with van der Waals surface area (Å²) in [6.45, 7) is 1.78. The SMILES string of the molecule is Cc1ccc(C(=O)O)cc1NC(=O)c1ccc(-c2cc3ccccc3oc2=O)cc1.